The monoisotopic (exact) mass is 335 g/mol. The predicted octanol–water partition coefficient (Wildman–Crippen LogP) is 3.66. The smallest absolute Gasteiger partial charge is 0.251 e. The molecule has 0 radical (unpaired) electrons. The summed E-state index contributed by atoms with van der Waals surface area (Å²) in [6, 6.07) is 15.9. The maximum atomic E-state index is 12.7. The zero-order valence-electron chi connectivity index (χ0n) is 12.6. The fourth-order valence-electron chi connectivity index (χ4n) is 2.96. The second-order valence-corrected chi connectivity index (χ2v) is 5.69. The maximum Gasteiger partial charge on any atom is 0.251 e. The molecule has 4 heteroatoms. The summed E-state index contributed by atoms with van der Waals surface area (Å²) < 4.78 is 12.7. The van der Waals surface area contributed by atoms with Crippen LogP contribution in [0.4, 0.5) is 4.48 Å². The van der Waals surface area contributed by atoms with Crippen LogP contribution in [0.5, 0.6) is 0 Å². The van der Waals surface area contributed by atoms with Crippen LogP contribution in [-0.2, 0) is 24.1 Å². The molecule has 2 aromatic rings. The van der Waals surface area contributed by atoms with Crippen LogP contribution < -0.4 is 5.54 Å². The van der Waals surface area contributed by atoms with Gasteiger partial charge in [0.05, 0.1) is 0 Å². The number of hydrogen-bond acceptors (Lipinski definition) is 1. The Morgan fingerprint density at radius 2 is 1.83 bits per heavy atom. The normalized spacial score (nSPS) is 13.1. The molecule has 1 amide bonds. The van der Waals surface area contributed by atoms with E-state index in [4.69, 9.17) is 0 Å². The molecule has 23 heavy (non-hydrogen) atoms. The first-order valence-electron chi connectivity index (χ1n) is 7.49. The fourth-order valence-corrected chi connectivity index (χ4v) is 2.96. The minimum absolute atomic E-state index is 0. The van der Waals surface area contributed by atoms with Crippen molar-refractivity contribution in [2.45, 2.75) is 19.3 Å². The van der Waals surface area contributed by atoms with Crippen LogP contribution >= 0.6 is 0 Å². The topological polar surface area (TPSA) is 29.1 Å². The molecule has 0 heterocycles. The van der Waals surface area contributed by atoms with Gasteiger partial charge in [-0.05, 0) is 41.5 Å². The fraction of sp³-hybridized carbons (Fsp3) is 0.211. The van der Waals surface area contributed by atoms with E-state index in [2.05, 4.69) is 24.3 Å². The molecule has 120 valence electrons. The van der Waals surface area contributed by atoms with E-state index in [-0.39, 0.29) is 37.7 Å². The van der Waals surface area contributed by atoms with Gasteiger partial charge in [-0.2, -0.15) is 5.54 Å². The van der Waals surface area contributed by atoms with E-state index in [0.29, 0.717) is 12.8 Å². The van der Waals surface area contributed by atoms with Gasteiger partial charge in [-0.15, -0.1) is 4.48 Å². The van der Waals surface area contributed by atoms with Crippen molar-refractivity contribution in [3.63, 3.8) is 0 Å². The minimum atomic E-state index is -0.553. The minimum Gasteiger partial charge on any atom is -0.272 e. The van der Waals surface area contributed by atoms with E-state index in [9.17, 15) is 9.28 Å². The number of hydrogen-bond donors (Lipinski definition) is 1. The van der Waals surface area contributed by atoms with Crippen LogP contribution in [0.15, 0.2) is 54.6 Å². The molecular formula is C19H18ArFNO. The van der Waals surface area contributed by atoms with Crippen molar-refractivity contribution in [1.82, 2.24) is 5.54 Å². The van der Waals surface area contributed by atoms with Gasteiger partial charge in [0, 0.05) is 43.7 Å². The summed E-state index contributed by atoms with van der Waals surface area (Å²) in [6.45, 7) is 0. The molecule has 3 rings (SSSR count). The third-order valence-electron chi connectivity index (χ3n) is 4.11. The van der Waals surface area contributed by atoms with Crippen LogP contribution in [0.2, 0.25) is 0 Å². The Balaban J connectivity index is 0.00000192. The standard InChI is InChI=1S/C19H18FNO.Ar/c20-21-19(22)18(11-14-5-2-1-3-6-14)13-15-9-10-16-7-4-8-17(16)12-15;/h1-7,9-10,12,18H,8,11,13H2,(H,21,22);/t18-;/m1./s1. The van der Waals surface area contributed by atoms with Crippen molar-refractivity contribution in [2.24, 2.45) is 5.92 Å². The van der Waals surface area contributed by atoms with Gasteiger partial charge in [-0.3, -0.25) is 4.79 Å². The van der Waals surface area contributed by atoms with Gasteiger partial charge in [0.25, 0.3) is 5.91 Å². The molecule has 0 aliphatic heterocycles. The number of nitrogens with one attached hydrogen (secondary N) is 1. The van der Waals surface area contributed by atoms with Crippen LogP contribution in [0.25, 0.3) is 6.08 Å². The summed E-state index contributed by atoms with van der Waals surface area (Å²) in [6.07, 6.45) is 6.24. The van der Waals surface area contributed by atoms with Gasteiger partial charge >= 0.3 is 0 Å². The summed E-state index contributed by atoms with van der Waals surface area (Å²) in [4.78, 5) is 11.9. The van der Waals surface area contributed by atoms with Gasteiger partial charge < -0.3 is 0 Å². The summed E-state index contributed by atoms with van der Waals surface area (Å²) in [5.41, 5.74) is 5.93. The number of fused-ring (bicyclic) bond motifs is 1. The second-order valence-electron chi connectivity index (χ2n) is 5.69. The van der Waals surface area contributed by atoms with Crippen LogP contribution in [0.3, 0.4) is 0 Å². The first-order valence-corrected chi connectivity index (χ1v) is 7.49. The molecule has 0 spiro atoms. The van der Waals surface area contributed by atoms with Gasteiger partial charge in [0.1, 0.15) is 0 Å². The van der Waals surface area contributed by atoms with E-state index in [1.165, 1.54) is 16.7 Å². The first kappa shape index (κ1) is 18.2. The van der Waals surface area contributed by atoms with E-state index in [0.717, 1.165) is 17.5 Å². The Bertz CT molecular complexity index is 700. The van der Waals surface area contributed by atoms with Gasteiger partial charge in [0.2, 0.25) is 0 Å². The van der Waals surface area contributed by atoms with Crippen LogP contribution in [-0.4, -0.2) is 5.91 Å². The molecule has 0 saturated carbocycles. The molecule has 2 aromatic carbocycles. The SMILES string of the molecule is O=C(NF)[C@H](Cc1ccccc1)Cc1ccc2c(c1)CC=C2.[Ar]. The van der Waals surface area contributed by atoms with Crippen molar-refractivity contribution in [3.8, 4) is 0 Å². The number of carbonyl (C=O) groups is 1. The third kappa shape index (κ3) is 4.66. The quantitative estimate of drug-likeness (QED) is 0.830. The van der Waals surface area contributed by atoms with Crippen molar-refractivity contribution < 1.29 is 47.0 Å². The average Bonchev–Trinajstić information content (AvgIpc) is 3.02. The summed E-state index contributed by atoms with van der Waals surface area (Å²) in [7, 11) is 0. The number of carbonyl (C=O) groups excluding carboxylic acids is 1. The van der Waals surface area contributed by atoms with Crippen LogP contribution in [0, 0.1) is 43.7 Å². The predicted molar refractivity (Wildman–Crippen MR) is 85.8 cm³/mol. The largest absolute Gasteiger partial charge is 0.272 e. The molecule has 0 unspecified atom stereocenters. The molecule has 0 fully saturated rings. The Morgan fingerprint density at radius 3 is 2.57 bits per heavy atom. The number of rotatable bonds is 5. The molecule has 1 aliphatic carbocycles. The Labute approximate surface area is 165 Å². The van der Waals surface area contributed by atoms with Gasteiger partial charge in [-0.25, -0.2) is 0 Å². The average molecular weight is 335 g/mol. The molecule has 1 N–H and O–H groups in total. The number of halogens is 1. The van der Waals surface area contributed by atoms with E-state index < -0.39 is 11.8 Å². The van der Waals surface area contributed by atoms with E-state index in [1.807, 2.05) is 36.4 Å². The molecule has 0 bridgehead atoms. The van der Waals surface area contributed by atoms with E-state index in [1.54, 1.807) is 0 Å². The maximum absolute atomic E-state index is 12.7. The van der Waals surface area contributed by atoms with Gasteiger partial charge in [0.15, 0.2) is 0 Å². The number of amides is 1. The zero-order valence-corrected chi connectivity index (χ0v) is 13.3. The summed E-state index contributed by atoms with van der Waals surface area (Å²) in [5.74, 6) is -0.956. The molecule has 0 aromatic heterocycles. The first-order chi connectivity index (χ1) is 10.8. The molecule has 1 aliphatic rings. The summed E-state index contributed by atoms with van der Waals surface area (Å²) in [5, 5.41) is 0. The van der Waals surface area contributed by atoms with E-state index >= 15 is 0 Å². The molecule has 2 nitrogen and oxygen atoms in total. The Morgan fingerprint density at radius 1 is 1.09 bits per heavy atom. The van der Waals surface area contributed by atoms with Crippen molar-refractivity contribution in [3.05, 3.63) is 76.9 Å². The molecular weight excluding hydrogens is 317 g/mol. The van der Waals surface area contributed by atoms with Crippen molar-refractivity contribution in [2.75, 3.05) is 0 Å². The Kier molecular flexibility index (Phi) is 6.82. The zero-order chi connectivity index (χ0) is 15.4. The second kappa shape index (κ2) is 8.62. The summed E-state index contributed by atoms with van der Waals surface area (Å²) >= 11 is 0. The van der Waals surface area contributed by atoms with Gasteiger partial charge in [-0.1, -0.05) is 60.7 Å². The molecule has 0 saturated heterocycles. The Hall–Kier alpha value is -1.16. The van der Waals surface area contributed by atoms with Crippen LogP contribution in [0.1, 0.15) is 22.3 Å². The molecule has 1 atom stereocenters. The number of allylic oxidation sites excluding steroid dienone is 1. The number of benzene rings is 2. The van der Waals surface area contributed by atoms with Crippen molar-refractivity contribution in [1.29, 1.82) is 0 Å². The van der Waals surface area contributed by atoms with Crippen molar-refractivity contribution >= 4 is 12.0 Å². The third-order valence-corrected chi connectivity index (χ3v) is 4.11.